The van der Waals surface area contributed by atoms with Gasteiger partial charge in [0.25, 0.3) is 0 Å². The first-order valence-corrected chi connectivity index (χ1v) is 11.7. The number of likely N-dealkylation sites (tertiary alicyclic amines) is 1. The second-order valence-corrected chi connectivity index (χ2v) is 10.7. The number of nitrogens with zero attached hydrogens (tertiary/aromatic N) is 1. The first-order valence-electron chi connectivity index (χ1n) is 10.9. The summed E-state index contributed by atoms with van der Waals surface area (Å²) in [4.78, 5) is 15.0. The van der Waals surface area contributed by atoms with Gasteiger partial charge in [0.2, 0.25) is 5.91 Å². The second-order valence-electron chi connectivity index (χ2n) is 9.83. The molecule has 0 unspecified atom stereocenters. The van der Waals surface area contributed by atoms with Gasteiger partial charge in [-0.15, -0.1) is 0 Å². The van der Waals surface area contributed by atoms with E-state index in [1.807, 2.05) is 25.1 Å². The number of nitrogens with two attached hydrogens (primary N) is 2. The number of likely N-dealkylation sites (N-methyl/N-ethyl adjacent to an activating group) is 1. The fraction of sp³-hybridized carbons (Fsp3) is 0.480. The largest absolute Gasteiger partial charge is 0.368 e. The minimum absolute atomic E-state index is 0.112. The Bertz CT molecular complexity index is 993. The molecule has 0 bridgehead atoms. The fourth-order valence-electron chi connectivity index (χ4n) is 5.56. The monoisotopic (exact) mass is 479 g/mol. The van der Waals surface area contributed by atoms with Crippen LogP contribution in [0.2, 0.25) is 10.0 Å². The van der Waals surface area contributed by atoms with E-state index in [9.17, 15) is 4.79 Å². The van der Waals surface area contributed by atoms with Crippen molar-refractivity contribution in [1.82, 2.24) is 4.90 Å². The third kappa shape index (κ3) is 4.28. The molecule has 4 N–H and O–H groups in total. The Morgan fingerprint density at radius 1 is 1.19 bits per heavy atom. The molecule has 32 heavy (non-hydrogen) atoms. The maximum absolute atomic E-state index is 15.6. The lowest BCUT2D eigenvalue weighted by Gasteiger charge is -2.43. The molecule has 1 amide bonds. The Labute approximate surface area is 200 Å². The number of primary amides is 1. The zero-order valence-electron chi connectivity index (χ0n) is 19.0. The summed E-state index contributed by atoms with van der Waals surface area (Å²) >= 11 is 12.7. The standard InChI is InChI=1S/C25H32Cl2FN3O/c1-5-31-20(13-24(2,3)4)25(14-29,17-11-10-15(26)12-19(17)28)21(22(31)23(30)32)16-8-6-7-9-18(16)27/h6-12,20-22H,5,13-14,29H2,1-4H3,(H2,30,32)/t20-,21+,22+,25-/m0/s1. The maximum Gasteiger partial charge on any atom is 0.235 e. The second kappa shape index (κ2) is 9.30. The van der Waals surface area contributed by atoms with Gasteiger partial charge in [-0.05, 0) is 47.7 Å². The number of rotatable bonds is 6. The maximum atomic E-state index is 15.6. The number of amides is 1. The summed E-state index contributed by atoms with van der Waals surface area (Å²) in [5.74, 6) is -1.44. The van der Waals surface area contributed by atoms with E-state index in [4.69, 9.17) is 34.7 Å². The lowest BCUT2D eigenvalue weighted by atomic mass is 9.62. The van der Waals surface area contributed by atoms with E-state index in [0.717, 1.165) is 5.56 Å². The van der Waals surface area contributed by atoms with Crippen LogP contribution >= 0.6 is 23.2 Å². The molecule has 3 rings (SSSR count). The zero-order valence-corrected chi connectivity index (χ0v) is 20.6. The molecule has 1 aliphatic heterocycles. The van der Waals surface area contributed by atoms with E-state index in [-0.39, 0.29) is 18.0 Å². The lowest BCUT2D eigenvalue weighted by molar-refractivity contribution is -0.123. The van der Waals surface area contributed by atoms with Crippen molar-refractivity contribution in [2.75, 3.05) is 13.1 Å². The number of benzene rings is 2. The molecule has 2 aromatic carbocycles. The van der Waals surface area contributed by atoms with Crippen LogP contribution in [0.3, 0.4) is 0 Å². The summed E-state index contributed by atoms with van der Waals surface area (Å²) in [6.45, 7) is 9.04. The lowest BCUT2D eigenvalue weighted by Crippen LogP contribution is -2.51. The van der Waals surface area contributed by atoms with Crippen LogP contribution in [0.15, 0.2) is 42.5 Å². The predicted octanol–water partition coefficient (Wildman–Crippen LogP) is 5.11. The molecule has 0 spiro atoms. The summed E-state index contributed by atoms with van der Waals surface area (Å²) in [5, 5.41) is 0.806. The summed E-state index contributed by atoms with van der Waals surface area (Å²) in [7, 11) is 0. The van der Waals surface area contributed by atoms with Gasteiger partial charge in [0.15, 0.2) is 0 Å². The molecule has 4 nitrogen and oxygen atoms in total. The summed E-state index contributed by atoms with van der Waals surface area (Å²) in [5.41, 5.74) is 12.7. The predicted molar refractivity (Wildman–Crippen MR) is 130 cm³/mol. The Kier molecular flexibility index (Phi) is 7.26. The average Bonchev–Trinajstić information content (AvgIpc) is 2.97. The summed E-state index contributed by atoms with van der Waals surface area (Å²) in [6.07, 6.45) is 0.685. The van der Waals surface area contributed by atoms with Crippen molar-refractivity contribution in [2.45, 2.75) is 57.5 Å². The van der Waals surface area contributed by atoms with Crippen LogP contribution in [0.25, 0.3) is 0 Å². The summed E-state index contributed by atoms with van der Waals surface area (Å²) < 4.78 is 15.6. The number of carbonyl (C=O) groups excluding carboxylic acids is 1. The van der Waals surface area contributed by atoms with Crippen molar-refractivity contribution in [2.24, 2.45) is 16.9 Å². The first-order chi connectivity index (χ1) is 15.0. The molecule has 0 saturated carbocycles. The van der Waals surface area contributed by atoms with E-state index < -0.39 is 29.1 Å². The van der Waals surface area contributed by atoms with E-state index >= 15 is 4.39 Å². The Morgan fingerprint density at radius 3 is 2.34 bits per heavy atom. The van der Waals surface area contributed by atoms with Crippen LogP contribution in [0.1, 0.15) is 51.2 Å². The van der Waals surface area contributed by atoms with Crippen LogP contribution in [-0.4, -0.2) is 36.0 Å². The molecule has 0 aromatic heterocycles. The number of hydrogen-bond donors (Lipinski definition) is 2. The first kappa shape index (κ1) is 25.0. The number of carbonyl (C=O) groups is 1. The molecule has 0 radical (unpaired) electrons. The normalized spacial score (nSPS) is 26.4. The van der Waals surface area contributed by atoms with Gasteiger partial charge in [0.1, 0.15) is 5.82 Å². The highest BCUT2D eigenvalue weighted by Crippen LogP contribution is 2.56. The van der Waals surface area contributed by atoms with Gasteiger partial charge in [-0.1, -0.05) is 75.2 Å². The summed E-state index contributed by atoms with van der Waals surface area (Å²) in [6, 6.07) is 11.1. The van der Waals surface area contributed by atoms with Crippen molar-refractivity contribution in [1.29, 1.82) is 0 Å². The van der Waals surface area contributed by atoms with Crippen molar-refractivity contribution >= 4 is 29.1 Å². The zero-order chi connectivity index (χ0) is 23.8. The van der Waals surface area contributed by atoms with Crippen molar-refractivity contribution in [3.8, 4) is 0 Å². The van der Waals surface area contributed by atoms with Crippen molar-refractivity contribution in [3.63, 3.8) is 0 Å². The molecule has 1 saturated heterocycles. The number of hydrogen-bond acceptors (Lipinski definition) is 3. The van der Waals surface area contributed by atoms with Gasteiger partial charge in [-0.3, -0.25) is 9.69 Å². The van der Waals surface area contributed by atoms with E-state index in [1.54, 1.807) is 18.2 Å². The van der Waals surface area contributed by atoms with Gasteiger partial charge in [-0.2, -0.15) is 0 Å². The SMILES string of the molecule is CCN1[C@@H](CC(C)(C)C)[C@](CN)(c2ccc(Cl)cc2F)[C@H](c2ccccc2Cl)[C@@H]1C(N)=O. The van der Waals surface area contributed by atoms with Crippen LogP contribution in [0, 0.1) is 11.2 Å². The van der Waals surface area contributed by atoms with Crippen LogP contribution in [0.4, 0.5) is 4.39 Å². The third-order valence-corrected chi connectivity index (χ3v) is 7.28. The molecular weight excluding hydrogens is 448 g/mol. The Hall–Kier alpha value is -1.66. The van der Waals surface area contributed by atoms with Crippen LogP contribution < -0.4 is 11.5 Å². The van der Waals surface area contributed by atoms with Crippen molar-refractivity contribution in [3.05, 3.63) is 69.5 Å². The molecule has 4 atom stereocenters. The molecule has 2 aromatic rings. The molecule has 7 heteroatoms. The van der Waals surface area contributed by atoms with Gasteiger partial charge in [0.05, 0.1) is 6.04 Å². The van der Waals surface area contributed by atoms with Gasteiger partial charge in [-0.25, -0.2) is 4.39 Å². The van der Waals surface area contributed by atoms with Gasteiger partial charge < -0.3 is 11.5 Å². The van der Waals surface area contributed by atoms with Crippen LogP contribution in [0.5, 0.6) is 0 Å². The Morgan fingerprint density at radius 2 is 1.84 bits per heavy atom. The molecule has 1 fully saturated rings. The smallest absolute Gasteiger partial charge is 0.235 e. The Balaban J connectivity index is 2.42. The fourth-order valence-corrected chi connectivity index (χ4v) is 5.97. The topological polar surface area (TPSA) is 72.3 Å². The highest BCUT2D eigenvalue weighted by Gasteiger charge is 2.62. The highest BCUT2D eigenvalue weighted by atomic mass is 35.5. The minimum Gasteiger partial charge on any atom is -0.368 e. The molecule has 174 valence electrons. The van der Waals surface area contributed by atoms with Crippen LogP contribution in [-0.2, 0) is 10.2 Å². The molecule has 0 aliphatic carbocycles. The van der Waals surface area contributed by atoms with E-state index in [2.05, 4.69) is 25.7 Å². The average molecular weight is 480 g/mol. The van der Waals surface area contributed by atoms with Gasteiger partial charge >= 0.3 is 0 Å². The number of halogens is 3. The van der Waals surface area contributed by atoms with E-state index in [0.29, 0.717) is 28.6 Å². The molecule has 1 heterocycles. The third-order valence-electron chi connectivity index (χ3n) is 6.70. The van der Waals surface area contributed by atoms with E-state index in [1.165, 1.54) is 6.07 Å². The van der Waals surface area contributed by atoms with Crippen molar-refractivity contribution < 1.29 is 9.18 Å². The molecule has 1 aliphatic rings. The van der Waals surface area contributed by atoms with Gasteiger partial charge in [0, 0.05) is 34.0 Å². The minimum atomic E-state index is -0.942. The molecular formula is C25H32Cl2FN3O. The highest BCUT2D eigenvalue weighted by molar-refractivity contribution is 6.31. The quantitative estimate of drug-likeness (QED) is 0.604.